The Labute approximate surface area is 203 Å². The maximum absolute atomic E-state index is 12.5. The van der Waals surface area contributed by atoms with Crippen molar-refractivity contribution in [3.63, 3.8) is 0 Å². The van der Waals surface area contributed by atoms with Crippen molar-refractivity contribution >= 4 is 28.3 Å². The predicted molar refractivity (Wildman–Crippen MR) is 137 cm³/mol. The van der Waals surface area contributed by atoms with Crippen LogP contribution in [0, 0.1) is 0 Å². The molecule has 0 aliphatic rings. The van der Waals surface area contributed by atoms with Crippen LogP contribution < -0.4 is 10.6 Å². The second-order valence-electron chi connectivity index (χ2n) is 8.92. The quantitative estimate of drug-likeness (QED) is 0.388. The van der Waals surface area contributed by atoms with Gasteiger partial charge in [-0.1, -0.05) is 51.1 Å². The van der Waals surface area contributed by atoms with Crippen LogP contribution in [0.2, 0.25) is 0 Å². The molecule has 4 rings (SSSR count). The zero-order valence-corrected chi connectivity index (χ0v) is 20.1. The zero-order valence-electron chi connectivity index (χ0n) is 19.3. The van der Waals surface area contributed by atoms with Crippen molar-refractivity contribution in [3.05, 3.63) is 89.6 Å². The van der Waals surface area contributed by atoms with Crippen LogP contribution in [0.3, 0.4) is 0 Å². The third-order valence-corrected chi connectivity index (χ3v) is 6.08. The molecule has 172 valence electrons. The summed E-state index contributed by atoms with van der Waals surface area (Å²) in [6, 6.07) is 19.4. The molecule has 0 spiro atoms. The van der Waals surface area contributed by atoms with Crippen molar-refractivity contribution in [2.24, 2.45) is 0 Å². The highest BCUT2D eigenvalue weighted by atomic mass is 32.1. The van der Waals surface area contributed by atoms with E-state index >= 15 is 0 Å². The fourth-order valence-corrected chi connectivity index (χ4v) is 4.16. The van der Waals surface area contributed by atoms with E-state index in [2.05, 4.69) is 47.4 Å². The number of anilines is 1. The Morgan fingerprint density at radius 2 is 1.65 bits per heavy atom. The fraction of sp³-hybridized carbons (Fsp3) is 0.185. The molecule has 2 amide bonds. The van der Waals surface area contributed by atoms with Crippen LogP contribution >= 0.6 is 11.3 Å². The van der Waals surface area contributed by atoms with Gasteiger partial charge in [-0.05, 0) is 52.4 Å². The van der Waals surface area contributed by atoms with Gasteiger partial charge in [-0.2, -0.15) is 0 Å². The predicted octanol–water partition coefficient (Wildman–Crippen LogP) is 5.54. The Morgan fingerprint density at radius 1 is 0.912 bits per heavy atom. The highest BCUT2D eigenvalue weighted by Gasteiger charge is 2.16. The number of amides is 2. The maximum atomic E-state index is 12.5. The van der Waals surface area contributed by atoms with Gasteiger partial charge in [0.25, 0.3) is 5.91 Å². The lowest BCUT2D eigenvalue weighted by molar-refractivity contribution is -0.115. The third kappa shape index (κ3) is 5.74. The number of carbonyl (C=O) groups excluding carboxylic acids is 2. The summed E-state index contributed by atoms with van der Waals surface area (Å²) in [7, 11) is 0. The second-order valence-corrected chi connectivity index (χ2v) is 9.77. The van der Waals surface area contributed by atoms with Gasteiger partial charge in [-0.3, -0.25) is 14.6 Å². The fourth-order valence-electron chi connectivity index (χ4n) is 3.42. The molecule has 0 aliphatic heterocycles. The average molecular weight is 471 g/mol. The minimum Gasteiger partial charge on any atom is -0.343 e. The van der Waals surface area contributed by atoms with Crippen LogP contribution in [0.25, 0.3) is 22.4 Å². The first-order valence-corrected chi connectivity index (χ1v) is 11.8. The molecule has 0 radical (unpaired) electrons. The molecule has 2 N–H and O–H groups in total. The smallest absolute Gasteiger partial charge is 0.251 e. The van der Waals surface area contributed by atoms with E-state index in [1.54, 1.807) is 18.5 Å². The highest BCUT2D eigenvalue weighted by molar-refractivity contribution is 7.14. The third-order valence-electron chi connectivity index (χ3n) is 5.32. The van der Waals surface area contributed by atoms with Crippen molar-refractivity contribution in [2.45, 2.75) is 26.2 Å². The van der Waals surface area contributed by atoms with Crippen LogP contribution in [0.4, 0.5) is 5.13 Å². The molecule has 6 nitrogen and oxygen atoms in total. The van der Waals surface area contributed by atoms with E-state index in [0.717, 1.165) is 27.9 Å². The summed E-state index contributed by atoms with van der Waals surface area (Å²) < 4.78 is 0. The molecule has 4 aromatic rings. The lowest BCUT2D eigenvalue weighted by atomic mass is 9.86. The average Bonchev–Trinajstić information content (AvgIpc) is 3.31. The van der Waals surface area contributed by atoms with Gasteiger partial charge < -0.3 is 10.6 Å². The summed E-state index contributed by atoms with van der Waals surface area (Å²) in [6.07, 6.45) is 3.52. The maximum Gasteiger partial charge on any atom is 0.251 e. The number of thiazole rings is 1. The second kappa shape index (κ2) is 9.97. The SMILES string of the molecule is CC(C)(C)c1cccc(C(=O)NCC(=O)Nc2nc(-c3cccc(-c4ccncc4)c3)cs2)c1. The van der Waals surface area contributed by atoms with Crippen LogP contribution in [0.5, 0.6) is 0 Å². The number of aromatic nitrogens is 2. The number of hydrogen-bond donors (Lipinski definition) is 2. The Morgan fingerprint density at radius 3 is 2.41 bits per heavy atom. The van der Waals surface area contributed by atoms with Gasteiger partial charge in [0.1, 0.15) is 0 Å². The molecule has 0 saturated heterocycles. The van der Waals surface area contributed by atoms with Crippen molar-refractivity contribution in [2.75, 3.05) is 11.9 Å². The normalized spacial score (nSPS) is 11.1. The molecule has 0 unspecified atom stereocenters. The Balaban J connectivity index is 1.37. The van der Waals surface area contributed by atoms with Crippen LogP contribution in [-0.2, 0) is 10.2 Å². The first-order valence-electron chi connectivity index (χ1n) is 10.9. The van der Waals surface area contributed by atoms with Crippen molar-refractivity contribution in [1.82, 2.24) is 15.3 Å². The van der Waals surface area contributed by atoms with Gasteiger partial charge in [-0.25, -0.2) is 4.98 Å². The molecule has 0 aliphatic carbocycles. The van der Waals surface area contributed by atoms with Gasteiger partial charge >= 0.3 is 0 Å². The minimum atomic E-state index is -0.327. The number of benzene rings is 2. The summed E-state index contributed by atoms with van der Waals surface area (Å²) >= 11 is 1.34. The molecule has 2 aromatic heterocycles. The molecule has 0 bridgehead atoms. The molecule has 0 atom stereocenters. The number of pyridine rings is 1. The number of carbonyl (C=O) groups is 2. The Kier molecular flexibility index (Phi) is 6.84. The monoisotopic (exact) mass is 470 g/mol. The molecule has 7 heteroatoms. The van der Waals surface area contributed by atoms with E-state index in [-0.39, 0.29) is 23.8 Å². The van der Waals surface area contributed by atoms with E-state index in [1.807, 2.05) is 53.9 Å². The molecule has 2 heterocycles. The zero-order chi connectivity index (χ0) is 24.1. The number of nitrogens with one attached hydrogen (secondary N) is 2. The largest absolute Gasteiger partial charge is 0.343 e. The standard InChI is InChI=1S/C27H26N4O2S/c1-27(2,3)22-9-5-8-21(15-22)25(33)29-16-24(32)31-26-30-23(17-34-26)20-7-4-6-19(14-20)18-10-12-28-13-11-18/h4-15,17H,16H2,1-3H3,(H,29,33)(H,30,31,32). The summed E-state index contributed by atoms with van der Waals surface area (Å²) in [5, 5.41) is 7.83. The van der Waals surface area contributed by atoms with Gasteiger partial charge in [0.05, 0.1) is 12.2 Å². The number of hydrogen-bond acceptors (Lipinski definition) is 5. The Bertz CT molecular complexity index is 1310. The van der Waals surface area contributed by atoms with Gasteiger partial charge in [0.2, 0.25) is 5.91 Å². The van der Waals surface area contributed by atoms with Crippen LogP contribution in [0.1, 0.15) is 36.7 Å². The van der Waals surface area contributed by atoms with Crippen molar-refractivity contribution < 1.29 is 9.59 Å². The first kappa shape index (κ1) is 23.3. The molecular formula is C27H26N4O2S. The van der Waals surface area contributed by atoms with Crippen LogP contribution in [0.15, 0.2) is 78.4 Å². The molecule has 0 saturated carbocycles. The van der Waals surface area contributed by atoms with Gasteiger partial charge in [-0.15, -0.1) is 11.3 Å². The summed E-state index contributed by atoms with van der Waals surface area (Å²) in [4.78, 5) is 33.5. The van der Waals surface area contributed by atoms with E-state index in [1.165, 1.54) is 11.3 Å². The Hall–Kier alpha value is -3.84. The van der Waals surface area contributed by atoms with Crippen molar-refractivity contribution in [1.29, 1.82) is 0 Å². The number of nitrogens with zero attached hydrogens (tertiary/aromatic N) is 2. The lowest BCUT2D eigenvalue weighted by Crippen LogP contribution is -2.33. The molecule has 0 fully saturated rings. The minimum absolute atomic E-state index is 0.0615. The molecule has 34 heavy (non-hydrogen) atoms. The summed E-state index contributed by atoms with van der Waals surface area (Å²) in [6.45, 7) is 6.14. The van der Waals surface area contributed by atoms with E-state index in [0.29, 0.717) is 10.7 Å². The van der Waals surface area contributed by atoms with E-state index < -0.39 is 0 Å². The topological polar surface area (TPSA) is 84.0 Å². The lowest BCUT2D eigenvalue weighted by Gasteiger charge is -2.19. The molecule has 2 aromatic carbocycles. The first-order chi connectivity index (χ1) is 16.3. The molecular weight excluding hydrogens is 444 g/mol. The van der Waals surface area contributed by atoms with Crippen molar-refractivity contribution in [3.8, 4) is 22.4 Å². The summed E-state index contributed by atoms with van der Waals surface area (Å²) in [5.41, 5.74) is 5.41. The summed E-state index contributed by atoms with van der Waals surface area (Å²) in [5.74, 6) is -0.610. The number of rotatable bonds is 6. The van der Waals surface area contributed by atoms with E-state index in [4.69, 9.17) is 0 Å². The van der Waals surface area contributed by atoms with E-state index in [9.17, 15) is 9.59 Å². The van der Waals surface area contributed by atoms with Gasteiger partial charge in [0.15, 0.2) is 5.13 Å². The van der Waals surface area contributed by atoms with Gasteiger partial charge in [0, 0.05) is 28.9 Å². The highest BCUT2D eigenvalue weighted by Crippen LogP contribution is 2.28. The van der Waals surface area contributed by atoms with Crippen LogP contribution in [-0.4, -0.2) is 28.3 Å².